The number of aromatic nitrogens is 2. The normalized spacial score (nSPS) is 14.0. The number of nitrogens with one attached hydrogen (secondary N) is 1. The molecule has 0 saturated heterocycles. The first-order valence-electron chi connectivity index (χ1n) is 12.9. The number of benzene rings is 3. The molecule has 0 amide bonds. The standard InChI is InChI=1S/C31H33FN4.ClH/c1-3-4-17-36(2)18-16-22-10-9-11-24(19-22)34-31-33-21-23-20-28(26-13-7-8-15-29(26)32)25-12-5-6-14-27(25)30(23)35-31;/h5-15,19,21,28H,3-4,16-18,20H2,1-2H3,(H,33,34,35);1H. The van der Waals surface area contributed by atoms with Crippen LogP contribution in [0.15, 0.2) is 79.0 Å². The van der Waals surface area contributed by atoms with Crippen molar-refractivity contribution in [3.8, 4) is 11.3 Å². The van der Waals surface area contributed by atoms with E-state index in [-0.39, 0.29) is 24.1 Å². The van der Waals surface area contributed by atoms with E-state index in [1.54, 1.807) is 6.07 Å². The quantitative estimate of drug-likeness (QED) is 0.251. The molecule has 1 atom stereocenters. The minimum absolute atomic E-state index is 0. The SMILES string of the molecule is CCCCN(C)CCc1cccc(Nc2ncc3c(n2)-c2ccccc2C(c2ccccc2F)C3)c1.Cl. The van der Waals surface area contributed by atoms with Crippen LogP contribution in [0.25, 0.3) is 11.3 Å². The van der Waals surface area contributed by atoms with Gasteiger partial charge < -0.3 is 10.2 Å². The Morgan fingerprint density at radius 3 is 2.57 bits per heavy atom. The number of likely N-dealkylation sites (N-methyl/N-ethyl adjacent to an activating group) is 1. The number of nitrogens with zero attached hydrogens (tertiary/aromatic N) is 3. The summed E-state index contributed by atoms with van der Waals surface area (Å²) in [6.45, 7) is 4.40. The summed E-state index contributed by atoms with van der Waals surface area (Å²) in [6.07, 6.45) is 6.03. The van der Waals surface area contributed by atoms with Crippen LogP contribution in [-0.4, -0.2) is 35.0 Å². The summed E-state index contributed by atoms with van der Waals surface area (Å²) in [4.78, 5) is 11.9. The van der Waals surface area contributed by atoms with Crippen LogP contribution in [0.1, 0.15) is 47.9 Å². The Morgan fingerprint density at radius 1 is 0.973 bits per heavy atom. The number of halogens is 2. The monoisotopic (exact) mass is 516 g/mol. The van der Waals surface area contributed by atoms with Crippen molar-refractivity contribution in [3.63, 3.8) is 0 Å². The first-order chi connectivity index (χ1) is 17.6. The molecule has 3 aromatic carbocycles. The van der Waals surface area contributed by atoms with Gasteiger partial charge in [-0.25, -0.2) is 14.4 Å². The van der Waals surface area contributed by atoms with Crippen molar-refractivity contribution in [2.45, 2.75) is 38.5 Å². The van der Waals surface area contributed by atoms with Crippen LogP contribution >= 0.6 is 12.4 Å². The fourth-order valence-corrected chi connectivity index (χ4v) is 5.02. The molecule has 192 valence electrons. The molecule has 1 heterocycles. The van der Waals surface area contributed by atoms with Gasteiger partial charge in [-0.15, -0.1) is 12.4 Å². The molecule has 37 heavy (non-hydrogen) atoms. The van der Waals surface area contributed by atoms with E-state index in [0.717, 1.165) is 53.1 Å². The van der Waals surface area contributed by atoms with Gasteiger partial charge in [0, 0.05) is 29.9 Å². The van der Waals surface area contributed by atoms with E-state index >= 15 is 0 Å². The zero-order valence-corrected chi connectivity index (χ0v) is 22.3. The van der Waals surface area contributed by atoms with Crippen LogP contribution in [0.5, 0.6) is 0 Å². The van der Waals surface area contributed by atoms with E-state index in [1.807, 2.05) is 30.5 Å². The molecule has 1 unspecified atom stereocenters. The second-order valence-electron chi connectivity index (χ2n) is 9.67. The summed E-state index contributed by atoms with van der Waals surface area (Å²) in [5.41, 5.74) is 7.10. The topological polar surface area (TPSA) is 41.0 Å². The van der Waals surface area contributed by atoms with Gasteiger partial charge in [0.1, 0.15) is 5.82 Å². The summed E-state index contributed by atoms with van der Waals surface area (Å²) in [5.74, 6) is 0.353. The predicted octanol–water partition coefficient (Wildman–Crippen LogP) is 7.41. The smallest absolute Gasteiger partial charge is 0.227 e. The average molecular weight is 517 g/mol. The summed E-state index contributed by atoms with van der Waals surface area (Å²) in [5, 5.41) is 3.40. The molecule has 0 fully saturated rings. The number of anilines is 2. The summed E-state index contributed by atoms with van der Waals surface area (Å²) in [7, 11) is 2.19. The van der Waals surface area contributed by atoms with E-state index in [4.69, 9.17) is 4.98 Å². The van der Waals surface area contributed by atoms with E-state index < -0.39 is 0 Å². The van der Waals surface area contributed by atoms with E-state index in [9.17, 15) is 4.39 Å². The average Bonchev–Trinajstić information content (AvgIpc) is 2.91. The second-order valence-corrected chi connectivity index (χ2v) is 9.67. The van der Waals surface area contributed by atoms with E-state index in [1.165, 1.54) is 24.5 Å². The van der Waals surface area contributed by atoms with E-state index in [0.29, 0.717) is 12.4 Å². The first kappa shape index (κ1) is 26.8. The molecule has 4 nitrogen and oxygen atoms in total. The van der Waals surface area contributed by atoms with Crippen LogP contribution in [0, 0.1) is 5.82 Å². The summed E-state index contributed by atoms with van der Waals surface area (Å²) >= 11 is 0. The van der Waals surface area contributed by atoms with Crippen LogP contribution in [0.3, 0.4) is 0 Å². The third-order valence-electron chi connectivity index (χ3n) is 7.02. The number of fused-ring (bicyclic) bond motifs is 3. The number of unbranched alkanes of at least 4 members (excludes halogenated alkanes) is 1. The van der Waals surface area contributed by atoms with Crippen LogP contribution in [0.4, 0.5) is 16.0 Å². The second kappa shape index (κ2) is 12.3. The summed E-state index contributed by atoms with van der Waals surface area (Å²) in [6, 6.07) is 23.7. The van der Waals surface area contributed by atoms with Crippen LogP contribution in [0.2, 0.25) is 0 Å². The molecule has 0 spiro atoms. The fourth-order valence-electron chi connectivity index (χ4n) is 5.02. The third kappa shape index (κ3) is 6.17. The lowest BCUT2D eigenvalue weighted by Crippen LogP contribution is -2.22. The highest BCUT2D eigenvalue weighted by atomic mass is 35.5. The van der Waals surface area contributed by atoms with Gasteiger partial charge in [0.05, 0.1) is 5.69 Å². The molecule has 0 radical (unpaired) electrons. The molecule has 6 heteroatoms. The van der Waals surface area contributed by atoms with Crippen molar-refractivity contribution < 1.29 is 4.39 Å². The van der Waals surface area contributed by atoms with Crippen molar-refractivity contribution in [1.29, 1.82) is 0 Å². The minimum atomic E-state index is -0.170. The molecular formula is C31H34ClFN4. The number of rotatable bonds is 9. The molecule has 0 saturated carbocycles. The Kier molecular flexibility index (Phi) is 8.91. The van der Waals surface area contributed by atoms with E-state index in [2.05, 4.69) is 65.6 Å². The summed E-state index contributed by atoms with van der Waals surface area (Å²) < 4.78 is 14.7. The van der Waals surface area contributed by atoms with Gasteiger partial charge in [0.2, 0.25) is 5.95 Å². The molecule has 0 aliphatic heterocycles. The lowest BCUT2D eigenvalue weighted by molar-refractivity contribution is 0.332. The Bertz CT molecular complexity index is 1340. The zero-order chi connectivity index (χ0) is 24.9. The van der Waals surface area contributed by atoms with Gasteiger partial charge in [-0.3, -0.25) is 0 Å². The Labute approximate surface area is 225 Å². The Hall–Kier alpha value is -3.28. The van der Waals surface area contributed by atoms with Crippen molar-refractivity contribution in [2.75, 3.05) is 25.5 Å². The van der Waals surface area contributed by atoms with Crippen molar-refractivity contribution in [1.82, 2.24) is 14.9 Å². The largest absolute Gasteiger partial charge is 0.324 e. The van der Waals surface area contributed by atoms with Gasteiger partial charge in [-0.1, -0.05) is 67.9 Å². The van der Waals surface area contributed by atoms with Crippen molar-refractivity contribution >= 4 is 24.0 Å². The lowest BCUT2D eigenvalue weighted by Gasteiger charge is -2.27. The van der Waals surface area contributed by atoms with Crippen LogP contribution in [-0.2, 0) is 12.8 Å². The molecule has 1 aliphatic carbocycles. The maximum Gasteiger partial charge on any atom is 0.227 e. The maximum absolute atomic E-state index is 14.7. The maximum atomic E-state index is 14.7. The highest BCUT2D eigenvalue weighted by Gasteiger charge is 2.28. The Morgan fingerprint density at radius 2 is 1.76 bits per heavy atom. The van der Waals surface area contributed by atoms with Gasteiger partial charge in [0.15, 0.2) is 0 Å². The first-order valence-corrected chi connectivity index (χ1v) is 12.9. The highest BCUT2D eigenvalue weighted by molar-refractivity contribution is 5.85. The predicted molar refractivity (Wildman–Crippen MR) is 152 cm³/mol. The fraction of sp³-hybridized carbons (Fsp3) is 0.290. The molecule has 1 aromatic heterocycles. The molecular weight excluding hydrogens is 483 g/mol. The van der Waals surface area contributed by atoms with Gasteiger partial charge in [-0.2, -0.15) is 0 Å². The van der Waals surface area contributed by atoms with Gasteiger partial charge >= 0.3 is 0 Å². The molecule has 5 rings (SSSR count). The zero-order valence-electron chi connectivity index (χ0n) is 21.5. The van der Waals surface area contributed by atoms with Crippen LogP contribution < -0.4 is 5.32 Å². The highest BCUT2D eigenvalue weighted by Crippen LogP contribution is 2.42. The van der Waals surface area contributed by atoms with Gasteiger partial charge in [-0.05, 0) is 73.3 Å². The molecule has 1 N–H and O–H groups in total. The molecule has 1 aliphatic rings. The van der Waals surface area contributed by atoms with Crippen molar-refractivity contribution in [3.05, 3.63) is 107 Å². The number of hydrogen-bond acceptors (Lipinski definition) is 4. The molecule has 4 aromatic rings. The minimum Gasteiger partial charge on any atom is -0.324 e. The van der Waals surface area contributed by atoms with Gasteiger partial charge in [0.25, 0.3) is 0 Å². The number of hydrogen-bond donors (Lipinski definition) is 1. The molecule has 0 bridgehead atoms. The lowest BCUT2D eigenvalue weighted by atomic mass is 9.78. The van der Waals surface area contributed by atoms with Crippen molar-refractivity contribution in [2.24, 2.45) is 0 Å². The third-order valence-corrected chi connectivity index (χ3v) is 7.02. The Balaban J connectivity index is 0.00000320.